The highest BCUT2D eigenvalue weighted by Crippen LogP contribution is 2.25. The van der Waals surface area contributed by atoms with Crippen LogP contribution in [0.3, 0.4) is 0 Å². The van der Waals surface area contributed by atoms with Crippen LogP contribution in [0.25, 0.3) is 0 Å². The molecule has 3 rings (SSSR count). The Kier molecular flexibility index (Phi) is 3.98. The Labute approximate surface area is 118 Å². The molecule has 2 aliphatic heterocycles. The van der Waals surface area contributed by atoms with Crippen molar-refractivity contribution >= 4 is 5.91 Å². The molecule has 2 N–H and O–H groups in total. The van der Waals surface area contributed by atoms with Crippen molar-refractivity contribution in [2.75, 3.05) is 32.7 Å². The fourth-order valence-corrected chi connectivity index (χ4v) is 3.08. The predicted octanol–water partition coefficient (Wildman–Crippen LogP) is 0.908. The van der Waals surface area contributed by atoms with Crippen molar-refractivity contribution in [1.29, 1.82) is 0 Å². The molecule has 2 atom stereocenters. The normalized spacial score (nSPS) is 26.8. The molecule has 2 fully saturated rings. The van der Waals surface area contributed by atoms with Crippen LogP contribution in [0.15, 0.2) is 24.3 Å². The van der Waals surface area contributed by atoms with Crippen molar-refractivity contribution in [2.45, 2.75) is 12.5 Å². The molecule has 108 valence electrons. The quantitative estimate of drug-likeness (QED) is 0.844. The molecule has 0 radical (unpaired) electrons. The molecule has 20 heavy (non-hydrogen) atoms. The van der Waals surface area contributed by atoms with Gasteiger partial charge in [0.1, 0.15) is 5.82 Å². The van der Waals surface area contributed by atoms with Crippen molar-refractivity contribution in [3.05, 3.63) is 35.6 Å². The monoisotopic (exact) mass is 277 g/mol. The van der Waals surface area contributed by atoms with Gasteiger partial charge in [-0.15, -0.1) is 0 Å². The molecule has 1 aromatic carbocycles. The maximum absolute atomic E-state index is 13.4. The summed E-state index contributed by atoms with van der Waals surface area (Å²) in [4.78, 5) is 14.6. The average Bonchev–Trinajstić information content (AvgIpc) is 3.01. The molecule has 2 saturated heterocycles. The summed E-state index contributed by atoms with van der Waals surface area (Å²) < 4.78 is 13.4. The summed E-state index contributed by atoms with van der Waals surface area (Å²) in [6.45, 7) is 3.86. The van der Waals surface area contributed by atoms with Crippen LogP contribution in [0.4, 0.5) is 4.39 Å². The first kappa shape index (κ1) is 13.5. The lowest BCUT2D eigenvalue weighted by Gasteiger charge is -2.38. The number of benzene rings is 1. The highest BCUT2D eigenvalue weighted by Gasteiger charge is 2.33. The third kappa shape index (κ3) is 2.69. The van der Waals surface area contributed by atoms with Crippen LogP contribution < -0.4 is 10.6 Å². The van der Waals surface area contributed by atoms with E-state index in [1.54, 1.807) is 6.07 Å². The van der Waals surface area contributed by atoms with E-state index in [1.807, 2.05) is 11.0 Å². The SMILES string of the molecule is O=C([C@H]1CCNC1)N1CCNCC1c1cccc(F)c1. The van der Waals surface area contributed by atoms with E-state index in [-0.39, 0.29) is 23.7 Å². The van der Waals surface area contributed by atoms with Gasteiger partial charge in [-0.1, -0.05) is 12.1 Å². The topological polar surface area (TPSA) is 44.4 Å². The molecule has 0 aromatic heterocycles. The molecule has 2 aliphatic rings. The van der Waals surface area contributed by atoms with Crippen molar-refractivity contribution < 1.29 is 9.18 Å². The molecule has 4 nitrogen and oxygen atoms in total. The second-order valence-corrected chi connectivity index (χ2v) is 5.50. The average molecular weight is 277 g/mol. The number of halogens is 1. The van der Waals surface area contributed by atoms with Gasteiger partial charge >= 0.3 is 0 Å². The van der Waals surface area contributed by atoms with Crippen molar-refractivity contribution in [1.82, 2.24) is 15.5 Å². The van der Waals surface area contributed by atoms with Crippen LogP contribution in [0.5, 0.6) is 0 Å². The predicted molar refractivity (Wildman–Crippen MR) is 74.7 cm³/mol. The van der Waals surface area contributed by atoms with Gasteiger partial charge in [-0.25, -0.2) is 4.39 Å². The Balaban J connectivity index is 1.81. The number of piperazine rings is 1. The van der Waals surface area contributed by atoms with E-state index < -0.39 is 0 Å². The fraction of sp³-hybridized carbons (Fsp3) is 0.533. The number of nitrogens with one attached hydrogen (secondary N) is 2. The van der Waals surface area contributed by atoms with E-state index in [1.165, 1.54) is 12.1 Å². The Bertz CT molecular complexity index is 488. The van der Waals surface area contributed by atoms with Gasteiger partial charge in [-0.05, 0) is 30.7 Å². The van der Waals surface area contributed by atoms with Crippen molar-refractivity contribution in [2.24, 2.45) is 5.92 Å². The maximum atomic E-state index is 13.4. The zero-order chi connectivity index (χ0) is 13.9. The summed E-state index contributed by atoms with van der Waals surface area (Å²) in [5, 5.41) is 6.53. The van der Waals surface area contributed by atoms with Gasteiger partial charge in [0.05, 0.1) is 12.0 Å². The van der Waals surface area contributed by atoms with Crippen molar-refractivity contribution in [3.63, 3.8) is 0 Å². The van der Waals surface area contributed by atoms with E-state index in [9.17, 15) is 9.18 Å². The first-order valence-corrected chi connectivity index (χ1v) is 7.23. The minimum absolute atomic E-state index is 0.0625. The Morgan fingerprint density at radius 3 is 2.85 bits per heavy atom. The Hall–Kier alpha value is -1.46. The van der Waals surface area contributed by atoms with Crippen LogP contribution in [-0.2, 0) is 4.79 Å². The van der Waals surface area contributed by atoms with Gasteiger partial charge in [0.15, 0.2) is 0 Å². The van der Waals surface area contributed by atoms with E-state index in [4.69, 9.17) is 0 Å². The molecule has 0 aliphatic carbocycles. The highest BCUT2D eigenvalue weighted by molar-refractivity contribution is 5.80. The van der Waals surface area contributed by atoms with Crippen LogP contribution in [-0.4, -0.2) is 43.5 Å². The van der Waals surface area contributed by atoms with Gasteiger partial charge < -0.3 is 15.5 Å². The molecule has 0 saturated carbocycles. The summed E-state index contributed by atoms with van der Waals surface area (Å²) in [5.41, 5.74) is 0.872. The summed E-state index contributed by atoms with van der Waals surface area (Å²) in [6, 6.07) is 6.51. The molecule has 1 unspecified atom stereocenters. The van der Waals surface area contributed by atoms with Crippen LogP contribution in [0.1, 0.15) is 18.0 Å². The number of nitrogens with zero attached hydrogens (tertiary/aromatic N) is 1. The minimum Gasteiger partial charge on any atom is -0.333 e. The third-order valence-corrected chi connectivity index (χ3v) is 4.17. The zero-order valence-corrected chi connectivity index (χ0v) is 11.4. The van der Waals surface area contributed by atoms with E-state index in [0.717, 1.165) is 31.6 Å². The second kappa shape index (κ2) is 5.89. The highest BCUT2D eigenvalue weighted by atomic mass is 19.1. The Morgan fingerprint density at radius 2 is 2.10 bits per heavy atom. The van der Waals surface area contributed by atoms with E-state index >= 15 is 0 Å². The summed E-state index contributed by atoms with van der Waals surface area (Å²) in [5.74, 6) is 0.0259. The molecule has 2 heterocycles. The van der Waals surface area contributed by atoms with Crippen molar-refractivity contribution in [3.8, 4) is 0 Å². The number of amides is 1. The van der Waals surface area contributed by atoms with E-state index in [0.29, 0.717) is 13.1 Å². The number of rotatable bonds is 2. The minimum atomic E-state index is -0.247. The fourth-order valence-electron chi connectivity index (χ4n) is 3.08. The smallest absolute Gasteiger partial charge is 0.227 e. The largest absolute Gasteiger partial charge is 0.333 e. The molecule has 0 spiro atoms. The second-order valence-electron chi connectivity index (χ2n) is 5.50. The van der Waals surface area contributed by atoms with Gasteiger partial charge in [0.25, 0.3) is 0 Å². The molecule has 1 aromatic rings. The van der Waals surface area contributed by atoms with Crippen LogP contribution in [0.2, 0.25) is 0 Å². The number of carbonyl (C=O) groups excluding carboxylic acids is 1. The lowest BCUT2D eigenvalue weighted by atomic mass is 9.99. The standard InChI is InChI=1S/C15H20FN3O/c16-13-3-1-2-11(8-13)14-10-18-6-7-19(14)15(20)12-4-5-17-9-12/h1-3,8,12,14,17-18H,4-7,9-10H2/t12-,14?/m0/s1. The number of hydrogen-bond acceptors (Lipinski definition) is 3. The lowest BCUT2D eigenvalue weighted by molar-refractivity contribution is -0.138. The zero-order valence-electron chi connectivity index (χ0n) is 11.4. The van der Waals surface area contributed by atoms with Crippen LogP contribution >= 0.6 is 0 Å². The number of hydrogen-bond donors (Lipinski definition) is 2. The molecule has 5 heteroatoms. The van der Waals surface area contributed by atoms with Gasteiger partial charge in [0, 0.05) is 26.2 Å². The van der Waals surface area contributed by atoms with Gasteiger partial charge in [0.2, 0.25) is 5.91 Å². The van der Waals surface area contributed by atoms with Gasteiger partial charge in [-0.3, -0.25) is 4.79 Å². The maximum Gasteiger partial charge on any atom is 0.227 e. The molecular weight excluding hydrogens is 257 g/mol. The summed E-state index contributed by atoms with van der Waals surface area (Å²) in [7, 11) is 0. The van der Waals surface area contributed by atoms with E-state index in [2.05, 4.69) is 10.6 Å². The molecule has 0 bridgehead atoms. The lowest BCUT2D eigenvalue weighted by Crippen LogP contribution is -2.50. The first-order valence-electron chi connectivity index (χ1n) is 7.23. The molecule has 1 amide bonds. The molecular formula is C15H20FN3O. The van der Waals surface area contributed by atoms with Gasteiger partial charge in [-0.2, -0.15) is 0 Å². The number of carbonyl (C=O) groups is 1. The summed E-state index contributed by atoms with van der Waals surface area (Å²) in [6.07, 6.45) is 0.901. The van der Waals surface area contributed by atoms with Crippen LogP contribution in [0, 0.1) is 11.7 Å². The first-order chi connectivity index (χ1) is 9.75. The summed E-state index contributed by atoms with van der Waals surface area (Å²) >= 11 is 0. The third-order valence-electron chi connectivity index (χ3n) is 4.17. The Morgan fingerprint density at radius 1 is 1.25 bits per heavy atom.